The van der Waals surface area contributed by atoms with Crippen LogP contribution in [0.1, 0.15) is 25.8 Å². The average Bonchev–Trinajstić information content (AvgIpc) is 2.29. The van der Waals surface area contributed by atoms with Crippen molar-refractivity contribution in [2.75, 3.05) is 25.0 Å². The summed E-state index contributed by atoms with van der Waals surface area (Å²) in [5.41, 5.74) is 2.66. The average molecular weight is 233 g/mol. The van der Waals surface area contributed by atoms with Gasteiger partial charge in [-0.25, -0.2) is 0 Å². The molecule has 1 aromatic heterocycles. The van der Waals surface area contributed by atoms with Crippen molar-refractivity contribution >= 4 is 5.69 Å². The van der Waals surface area contributed by atoms with Gasteiger partial charge in [0.2, 0.25) is 0 Å². The summed E-state index contributed by atoms with van der Waals surface area (Å²) in [4.78, 5) is 6.75. The fourth-order valence-corrected chi connectivity index (χ4v) is 2.91. The molecule has 2 rings (SSSR count). The first-order chi connectivity index (χ1) is 8.20. The van der Waals surface area contributed by atoms with Crippen LogP contribution in [0.3, 0.4) is 0 Å². The van der Waals surface area contributed by atoms with Crippen molar-refractivity contribution in [3.05, 3.63) is 24.0 Å². The van der Waals surface area contributed by atoms with Crippen molar-refractivity contribution in [3.8, 4) is 0 Å². The Kier molecular flexibility index (Phi) is 4.00. The van der Waals surface area contributed by atoms with Crippen molar-refractivity contribution in [3.63, 3.8) is 0 Å². The number of rotatable bonds is 3. The zero-order chi connectivity index (χ0) is 12.3. The van der Waals surface area contributed by atoms with Crippen LogP contribution in [0.4, 0.5) is 5.69 Å². The lowest BCUT2D eigenvalue weighted by molar-refractivity contribution is 0.356. The Morgan fingerprint density at radius 2 is 2.06 bits per heavy atom. The standard InChI is InChI=1S/C14H23N3/c1-11-6-12(2)10-17(9-11)14-4-5-16-8-13(14)7-15-3/h4-5,8,11-12,15H,6-7,9-10H2,1-3H3. The van der Waals surface area contributed by atoms with E-state index in [2.05, 4.69) is 35.1 Å². The lowest BCUT2D eigenvalue weighted by Gasteiger charge is -2.37. The van der Waals surface area contributed by atoms with E-state index in [4.69, 9.17) is 0 Å². The van der Waals surface area contributed by atoms with Gasteiger partial charge in [-0.2, -0.15) is 0 Å². The number of nitrogens with one attached hydrogen (secondary N) is 1. The summed E-state index contributed by atoms with van der Waals surface area (Å²) in [5.74, 6) is 1.57. The molecule has 0 spiro atoms. The molecule has 2 heterocycles. The van der Waals surface area contributed by atoms with E-state index in [-0.39, 0.29) is 0 Å². The van der Waals surface area contributed by atoms with Gasteiger partial charge in [-0.05, 0) is 31.4 Å². The summed E-state index contributed by atoms with van der Waals surface area (Å²) in [5, 5.41) is 3.22. The molecule has 1 aliphatic heterocycles. The van der Waals surface area contributed by atoms with E-state index in [9.17, 15) is 0 Å². The fraction of sp³-hybridized carbons (Fsp3) is 0.643. The van der Waals surface area contributed by atoms with Gasteiger partial charge in [0, 0.05) is 43.3 Å². The van der Waals surface area contributed by atoms with Gasteiger partial charge in [0.15, 0.2) is 0 Å². The number of hydrogen-bond acceptors (Lipinski definition) is 3. The third-order valence-corrected chi connectivity index (χ3v) is 3.45. The molecule has 0 amide bonds. The van der Waals surface area contributed by atoms with Gasteiger partial charge in [-0.3, -0.25) is 4.98 Å². The minimum absolute atomic E-state index is 0.786. The second kappa shape index (κ2) is 5.50. The summed E-state index contributed by atoms with van der Waals surface area (Å²) in [6.45, 7) is 7.93. The first kappa shape index (κ1) is 12.4. The number of aromatic nitrogens is 1. The molecule has 2 atom stereocenters. The van der Waals surface area contributed by atoms with E-state index in [1.165, 1.54) is 30.8 Å². The van der Waals surface area contributed by atoms with Gasteiger partial charge in [0.1, 0.15) is 0 Å². The second-order valence-electron chi connectivity index (χ2n) is 5.39. The Morgan fingerprint density at radius 1 is 1.35 bits per heavy atom. The molecule has 0 radical (unpaired) electrons. The molecule has 3 heteroatoms. The third kappa shape index (κ3) is 2.97. The highest BCUT2D eigenvalue weighted by Crippen LogP contribution is 2.28. The molecule has 1 N–H and O–H groups in total. The summed E-state index contributed by atoms with van der Waals surface area (Å²) in [6.07, 6.45) is 5.23. The van der Waals surface area contributed by atoms with E-state index < -0.39 is 0 Å². The number of nitrogens with zero attached hydrogens (tertiary/aromatic N) is 2. The maximum absolute atomic E-state index is 4.23. The topological polar surface area (TPSA) is 28.2 Å². The largest absolute Gasteiger partial charge is 0.371 e. The van der Waals surface area contributed by atoms with Gasteiger partial charge in [0.25, 0.3) is 0 Å². The molecule has 1 fully saturated rings. The van der Waals surface area contributed by atoms with E-state index in [0.29, 0.717) is 0 Å². The zero-order valence-electron chi connectivity index (χ0n) is 11.1. The monoisotopic (exact) mass is 233 g/mol. The minimum Gasteiger partial charge on any atom is -0.371 e. The Bertz CT molecular complexity index is 354. The minimum atomic E-state index is 0.786. The van der Waals surface area contributed by atoms with Gasteiger partial charge < -0.3 is 10.2 Å². The Hall–Kier alpha value is -1.09. The Balaban J connectivity index is 2.20. The molecule has 3 nitrogen and oxygen atoms in total. The first-order valence-electron chi connectivity index (χ1n) is 6.53. The molecule has 1 aliphatic rings. The van der Waals surface area contributed by atoms with Crippen molar-refractivity contribution < 1.29 is 0 Å². The molecule has 17 heavy (non-hydrogen) atoms. The van der Waals surface area contributed by atoms with Gasteiger partial charge in [0.05, 0.1) is 0 Å². The van der Waals surface area contributed by atoms with E-state index in [1.54, 1.807) is 0 Å². The Morgan fingerprint density at radius 3 is 2.71 bits per heavy atom. The van der Waals surface area contributed by atoms with Crippen molar-refractivity contribution in [1.29, 1.82) is 0 Å². The van der Waals surface area contributed by atoms with Crippen molar-refractivity contribution in [1.82, 2.24) is 10.3 Å². The van der Waals surface area contributed by atoms with Crippen LogP contribution in [0, 0.1) is 11.8 Å². The predicted octanol–water partition coefficient (Wildman–Crippen LogP) is 2.28. The highest BCUT2D eigenvalue weighted by molar-refractivity contribution is 5.52. The molecule has 94 valence electrons. The fourth-order valence-electron chi connectivity index (χ4n) is 2.91. The summed E-state index contributed by atoms with van der Waals surface area (Å²) in [6, 6.07) is 2.15. The van der Waals surface area contributed by atoms with E-state index in [0.717, 1.165) is 18.4 Å². The van der Waals surface area contributed by atoms with Crippen LogP contribution in [0.25, 0.3) is 0 Å². The highest BCUT2D eigenvalue weighted by atomic mass is 15.1. The molecule has 1 aromatic rings. The lowest BCUT2D eigenvalue weighted by Crippen LogP contribution is -2.39. The maximum atomic E-state index is 4.23. The van der Waals surface area contributed by atoms with Crippen LogP contribution >= 0.6 is 0 Å². The van der Waals surface area contributed by atoms with Crippen molar-refractivity contribution in [2.45, 2.75) is 26.8 Å². The molecule has 1 saturated heterocycles. The number of piperidine rings is 1. The summed E-state index contributed by atoms with van der Waals surface area (Å²) in [7, 11) is 1.98. The smallest absolute Gasteiger partial charge is 0.0443 e. The maximum Gasteiger partial charge on any atom is 0.0443 e. The van der Waals surface area contributed by atoms with E-state index in [1.807, 2.05) is 19.4 Å². The van der Waals surface area contributed by atoms with Crippen LogP contribution in [0.5, 0.6) is 0 Å². The van der Waals surface area contributed by atoms with Crippen LogP contribution in [-0.4, -0.2) is 25.1 Å². The molecular weight excluding hydrogens is 210 g/mol. The third-order valence-electron chi connectivity index (χ3n) is 3.45. The van der Waals surface area contributed by atoms with Crippen LogP contribution < -0.4 is 10.2 Å². The van der Waals surface area contributed by atoms with Crippen molar-refractivity contribution in [2.24, 2.45) is 11.8 Å². The van der Waals surface area contributed by atoms with Gasteiger partial charge >= 0.3 is 0 Å². The molecule has 0 saturated carbocycles. The SMILES string of the molecule is CNCc1cnccc1N1CC(C)CC(C)C1. The van der Waals surface area contributed by atoms with Gasteiger partial charge in [-0.15, -0.1) is 0 Å². The highest BCUT2D eigenvalue weighted by Gasteiger charge is 2.23. The van der Waals surface area contributed by atoms with Crippen LogP contribution in [0.2, 0.25) is 0 Å². The quantitative estimate of drug-likeness (QED) is 0.868. The predicted molar refractivity (Wildman–Crippen MR) is 72.2 cm³/mol. The number of anilines is 1. The van der Waals surface area contributed by atoms with E-state index >= 15 is 0 Å². The zero-order valence-corrected chi connectivity index (χ0v) is 11.1. The lowest BCUT2D eigenvalue weighted by atomic mass is 9.91. The summed E-state index contributed by atoms with van der Waals surface area (Å²) < 4.78 is 0. The molecule has 0 aliphatic carbocycles. The summed E-state index contributed by atoms with van der Waals surface area (Å²) >= 11 is 0. The van der Waals surface area contributed by atoms with Crippen LogP contribution in [-0.2, 0) is 6.54 Å². The molecule has 2 unspecified atom stereocenters. The Labute approximate surface area is 104 Å². The molecule has 0 aromatic carbocycles. The second-order valence-corrected chi connectivity index (χ2v) is 5.39. The molecule has 0 bridgehead atoms. The normalized spacial score (nSPS) is 25.0. The van der Waals surface area contributed by atoms with Gasteiger partial charge in [-0.1, -0.05) is 13.8 Å². The first-order valence-corrected chi connectivity index (χ1v) is 6.53. The number of hydrogen-bond donors (Lipinski definition) is 1. The van der Waals surface area contributed by atoms with Crippen LogP contribution in [0.15, 0.2) is 18.5 Å². The molecular formula is C14H23N3. The number of pyridine rings is 1.